The van der Waals surface area contributed by atoms with E-state index in [1.165, 1.54) is 0 Å². The summed E-state index contributed by atoms with van der Waals surface area (Å²) in [5.41, 5.74) is 4.51. The maximum atomic E-state index is 11.2. The van der Waals surface area contributed by atoms with Crippen LogP contribution in [-0.4, -0.2) is 27.9 Å². The third-order valence-corrected chi connectivity index (χ3v) is 3.27. The van der Waals surface area contributed by atoms with Crippen molar-refractivity contribution >= 4 is 22.8 Å². The number of rotatable bonds is 2. The van der Waals surface area contributed by atoms with Crippen molar-refractivity contribution in [1.82, 2.24) is 5.32 Å². The molecule has 0 radical (unpaired) electrons. The van der Waals surface area contributed by atoms with Gasteiger partial charge in [-0.3, -0.25) is 9.79 Å². The highest BCUT2D eigenvalue weighted by molar-refractivity contribution is 8.13. The molecule has 0 aromatic carbocycles. The van der Waals surface area contributed by atoms with Gasteiger partial charge in [0.05, 0.1) is 5.54 Å². The third-order valence-electron chi connectivity index (χ3n) is 2.39. The van der Waals surface area contributed by atoms with E-state index >= 15 is 0 Å². The van der Waals surface area contributed by atoms with Crippen LogP contribution in [0.2, 0.25) is 0 Å². The average molecular weight is 229 g/mol. The van der Waals surface area contributed by atoms with E-state index < -0.39 is 5.54 Å². The van der Waals surface area contributed by atoms with Gasteiger partial charge < -0.3 is 11.1 Å². The Labute approximate surface area is 95.1 Å². The molecule has 3 N–H and O–H groups in total. The molecule has 0 saturated heterocycles. The molecule has 0 aromatic rings. The summed E-state index contributed by atoms with van der Waals surface area (Å²) in [6.45, 7) is 7.71. The molecule has 1 rings (SSSR count). The first-order valence-electron chi connectivity index (χ1n) is 5.04. The summed E-state index contributed by atoms with van der Waals surface area (Å²) in [7, 11) is 0. The first-order valence-corrected chi connectivity index (χ1v) is 6.02. The minimum absolute atomic E-state index is 0.0404. The van der Waals surface area contributed by atoms with Crippen molar-refractivity contribution in [3.63, 3.8) is 0 Å². The predicted octanol–water partition coefficient (Wildman–Crippen LogP) is 1.11. The van der Waals surface area contributed by atoms with Gasteiger partial charge in [-0.15, -0.1) is 0 Å². The van der Waals surface area contributed by atoms with E-state index in [1.54, 1.807) is 25.6 Å². The molecule has 0 spiro atoms. The summed E-state index contributed by atoms with van der Waals surface area (Å²) in [6, 6.07) is 0. The summed E-state index contributed by atoms with van der Waals surface area (Å²) < 4.78 is 0. The molecule has 0 aromatic heterocycles. The fraction of sp³-hybridized carbons (Fsp3) is 0.800. The number of carbonyl (C=O) groups is 1. The monoisotopic (exact) mass is 229 g/mol. The molecule has 0 unspecified atom stereocenters. The van der Waals surface area contributed by atoms with E-state index in [0.29, 0.717) is 0 Å². The highest BCUT2D eigenvalue weighted by Crippen LogP contribution is 2.25. The fourth-order valence-corrected chi connectivity index (χ4v) is 2.59. The second-order valence-electron chi connectivity index (χ2n) is 4.94. The van der Waals surface area contributed by atoms with Gasteiger partial charge in [-0.1, -0.05) is 11.8 Å². The van der Waals surface area contributed by atoms with Gasteiger partial charge in [0.1, 0.15) is 5.54 Å². The van der Waals surface area contributed by atoms with Gasteiger partial charge in [0, 0.05) is 5.75 Å². The van der Waals surface area contributed by atoms with Crippen molar-refractivity contribution < 1.29 is 4.79 Å². The van der Waals surface area contributed by atoms with Gasteiger partial charge >= 0.3 is 0 Å². The molecule has 5 heteroatoms. The molecule has 86 valence electrons. The van der Waals surface area contributed by atoms with Crippen molar-refractivity contribution in [3.8, 4) is 0 Å². The van der Waals surface area contributed by atoms with Crippen LogP contribution < -0.4 is 11.1 Å². The smallest absolute Gasteiger partial charge is 0.242 e. The van der Waals surface area contributed by atoms with E-state index in [2.05, 4.69) is 24.2 Å². The Balaban J connectivity index is 2.74. The van der Waals surface area contributed by atoms with E-state index in [-0.39, 0.29) is 11.4 Å². The summed E-state index contributed by atoms with van der Waals surface area (Å²) >= 11 is 1.64. The van der Waals surface area contributed by atoms with Crippen molar-refractivity contribution in [1.29, 1.82) is 0 Å². The lowest BCUT2D eigenvalue weighted by Crippen LogP contribution is -2.53. The Kier molecular flexibility index (Phi) is 3.33. The molecule has 0 saturated carbocycles. The molecule has 1 amide bonds. The summed E-state index contributed by atoms with van der Waals surface area (Å²) in [5.74, 6) is 0.655. The molecule has 1 aliphatic heterocycles. The number of aliphatic imine (C=N–C) groups is 1. The molecule has 0 fully saturated rings. The number of thioether (sulfide) groups is 1. The Morgan fingerprint density at radius 1 is 1.60 bits per heavy atom. The molecule has 1 aliphatic rings. The van der Waals surface area contributed by atoms with Gasteiger partial charge in [0.2, 0.25) is 5.91 Å². The lowest BCUT2D eigenvalue weighted by molar-refractivity contribution is -0.122. The maximum Gasteiger partial charge on any atom is 0.242 e. The number of carbonyl (C=O) groups excluding carboxylic acids is 1. The zero-order valence-electron chi connectivity index (χ0n) is 9.76. The van der Waals surface area contributed by atoms with Gasteiger partial charge in [-0.2, -0.15) is 0 Å². The van der Waals surface area contributed by atoms with Crippen LogP contribution in [0.1, 0.15) is 34.1 Å². The number of hydrogen-bond donors (Lipinski definition) is 2. The zero-order chi connectivity index (χ0) is 11.7. The van der Waals surface area contributed by atoms with Crippen LogP contribution in [0.25, 0.3) is 0 Å². The predicted molar refractivity (Wildman–Crippen MR) is 65.0 cm³/mol. The van der Waals surface area contributed by atoms with Gasteiger partial charge in [0.15, 0.2) is 5.17 Å². The summed E-state index contributed by atoms with van der Waals surface area (Å²) in [5, 5.41) is 3.90. The topological polar surface area (TPSA) is 67.5 Å². The molecule has 4 nitrogen and oxygen atoms in total. The lowest BCUT2D eigenvalue weighted by Gasteiger charge is -2.30. The van der Waals surface area contributed by atoms with Gasteiger partial charge in [0.25, 0.3) is 0 Å². The second-order valence-corrected chi connectivity index (χ2v) is 6.03. The van der Waals surface area contributed by atoms with E-state index in [1.807, 2.05) is 0 Å². The quantitative estimate of drug-likeness (QED) is 0.745. The average Bonchev–Trinajstić information content (AvgIpc) is 2.00. The highest BCUT2D eigenvalue weighted by atomic mass is 32.2. The zero-order valence-corrected chi connectivity index (χ0v) is 10.6. The van der Waals surface area contributed by atoms with Crippen LogP contribution in [-0.2, 0) is 4.79 Å². The van der Waals surface area contributed by atoms with Crippen molar-refractivity contribution in [2.24, 2.45) is 10.7 Å². The molecular weight excluding hydrogens is 210 g/mol. The first kappa shape index (κ1) is 12.4. The second kappa shape index (κ2) is 4.04. The minimum atomic E-state index is -0.737. The molecule has 0 aliphatic carbocycles. The number of amidine groups is 1. The molecule has 0 atom stereocenters. The number of nitrogens with two attached hydrogens (primary N) is 1. The normalized spacial score (nSPS) is 20.7. The van der Waals surface area contributed by atoms with Crippen molar-refractivity contribution in [3.05, 3.63) is 0 Å². The van der Waals surface area contributed by atoms with Crippen LogP contribution in [0, 0.1) is 0 Å². The first-order chi connectivity index (χ1) is 6.73. The lowest BCUT2D eigenvalue weighted by atomic mass is 10.0. The maximum absolute atomic E-state index is 11.2. The number of primary amides is 1. The molecule has 0 bridgehead atoms. The van der Waals surface area contributed by atoms with E-state index in [9.17, 15) is 4.79 Å². The molecule has 15 heavy (non-hydrogen) atoms. The van der Waals surface area contributed by atoms with Crippen molar-refractivity contribution in [2.75, 3.05) is 5.75 Å². The number of hydrogen-bond acceptors (Lipinski definition) is 4. The number of nitrogens with zero attached hydrogens (tertiary/aromatic N) is 1. The van der Waals surface area contributed by atoms with Crippen LogP contribution in [0.5, 0.6) is 0 Å². The Bertz CT molecular complexity index is 297. The van der Waals surface area contributed by atoms with Crippen LogP contribution >= 0.6 is 11.8 Å². The number of amides is 1. The summed E-state index contributed by atoms with van der Waals surface area (Å²) in [6.07, 6.45) is 1.06. The van der Waals surface area contributed by atoms with Gasteiger partial charge in [-0.05, 0) is 34.1 Å². The van der Waals surface area contributed by atoms with E-state index in [0.717, 1.165) is 17.3 Å². The Morgan fingerprint density at radius 3 is 2.67 bits per heavy atom. The fourth-order valence-electron chi connectivity index (χ4n) is 1.15. The Morgan fingerprint density at radius 2 is 2.20 bits per heavy atom. The molecule has 1 heterocycles. The van der Waals surface area contributed by atoms with E-state index in [4.69, 9.17) is 5.73 Å². The van der Waals surface area contributed by atoms with Gasteiger partial charge in [-0.25, -0.2) is 0 Å². The summed E-state index contributed by atoms with van der Waals surface area (Å²) in [4.78, 5) is 15.7. The van der Waals surface area contributed by atoms with Crippen LogP contribution in [0.4, 0.5) is 0 Å². The Hall–Kier alpha value is -0.710. The minimum Gasteiger partial charge on any atom is -0.368 e. The van der Waals surface area contributed by atoms with Crippen LogP contribution in [0.15, 0.2) is 4.99 Å². The molecular formula is C10H19N3OS. The van der Waals surface area contributed by atoms with Crippen LogP contribution in [0.3, 0.4) is 0 Å². The number of nitrogens with one attached hydrogen (secondary N) is 1. The third kappa shape index (κ3) is 3.41. The standard InChI is InChI=1S/C10H19N3OS/c1-9(2)5-6-15-8(12-9)13-10(3,4)7(11)14/h5-6H2,1-4H3,(H2,11,14)(H,12,13). The van der Waals surface area contributed by atoms with Crippen molar-refractivity contribution in [2.45, 2.75) is 45.2 Å². The largest absolute Gasteiger partial charge is 0.368 e. The highest BCUT2D eigenvalue weighted by Gasteiger charge is 2.29. The SMILES string of the molecule is CC1(C)CCSC(NC(C)(C)C(N)=O)=N1.